The Kier molecular flexibility index (Phi) is 5.04. The maximum Gasteiger partial charge on any atom is 0.238 e. The van der Waals surface area contributed by atoms with Gasteiger partial charge in [0.2, 0.25) is 10.0 Å². The molecular weight excluding hydrogens is 349 g/mol. The largest absolute Gasteiger partial charge is 0.238 e. The lowest BCUT2D eigenvalue weighted by Crippen LogP contribution is -2.14. The van der Waals surface area contributed by atoms with Crippen LogP contribution in [0, 0.1) is 11.2 Å². The first-order chi connectivity index (χ1) is 12.3. The van der Waals surface area contributed by atoms with Crippen LogP contribution in [0.1, 0.15) is 50.7 Å². The molecule has 3 rings (SSSR count). The van der Waals surface area contributed by atoms with Crippen LogP contribution in [-0.4, -0.2) is 8.42 Å². The van der Waals surface area contributed by atoms with Crippen LogP contribution in [0.5, 0.6) is 0 Å². The highest BCUT2D eigenvalue weighted by molar-refractivity contribution is 7.89. The average molecular weight is 373 g/mol. The molecule has 2 aromatic rings. The summed E-state index contributed by atoms with van der Waals surface area (Å²) < 4.78 is 36.4. The zero-order chi connectivity index (χ0) is 18.9. The first kappa shape index (κ1) is 18.8. The van der Waals surface area contributed by atoms with Gasteiger partial charge < -0.3 is 0 Å². The molecule has 2 N–H and O–H groups in total. The molecule has 0 amide bonds. The summed E-state index contributed by atoms with van der Waals surface area (Å²) >= 11 is 0. The summed E-state index contributed by atoms with van der Waals surface area (Å²) in [6, 6.07) is 13.4. The normalized spacial score (nSPS) is 16.9. The highest BCUT2D eigenvalue weighted by Gasteiger charge is 2.36. The Morgan fingerprint density at radius 2 is 1.31 bits per heavy atom. The summed E-state index contributed by atoms with van der Waals surface area (Å²) in [4.78, 5) is 0.112. The first-order valence-corrected chi connectivity index (χ1v) is 10.4. The molecule has 0 aliphatic heterocycles. The van der Waals surface area contributed by atoms with Gasteiger partial charge in [-0.15, -0.1) is 0 Å². The molecule has 1 aliphatic rings. The van der Waals surface area contributed by atoms with E-state index in [0.717, 1.165) is 36.8 Å². The molecule has 0 atom stereocenters. The third-order valence-electron chi connectivity index (χ3n) is 5.69. The fourth-order valence-corrected chi connectivity index (χ4v) is 4.34. The molecule has 0 heterocycles. The average Bonchev–Trinajstić information content (AvgIpc) is 3.02. The molecule has 138 valence electrons. The number of sulfonamides is 1. The fourth-order valence-electron chi connectivity index (χ4n) is 3.83. The Balaban J connectivity index is 2.09. The summed E-state index contributed by atoms with van der Waals surface area (Å²) in [5.74, 6) is -0.247. The molecule has 0 saturated carbocycles. The molecule has 5 heteroatoms. The summed E-state index contributed by atoms with van der Waals surface area (Å²) in [6.07, 6.45) is 4.00. The summed E-state index contributed by atoms with van der Waals surface area (Å²) in [5, 5.41) is 5.20. The number of rotatable bonds is 5. The summed E-state index contributed by atoms with van der Waals surface area (Å²) in [6.45, 7) is 4.41. The van der Waals surface area contributed by atoms with Gasteiger partial charge in [0.1, 0.15) is 5.82 Å². The molecule has 0 radical (unpaired) electrons. The SMILES string of the molecule is CCC1(CC)CC(c2ccc(F)cc2)=C(c2ccc(S(N)(=O)=O)cc2)C1. The number of hydrogen-bond donors (Lipinski definition) is 1. The van der Waals surface area contributed by atoms with E-state index < -0.39 is 10.0 Å². The van der Waals surface area contributed by atoms with Gasteiger partial charge in [0.25, 0.3) is 0 Å². The van der Waals surface area contributed by atoms with Gasteiger partial charge in [0.05, 0.1) is 4.90 Å². The van der Waals surface area contributed by atoms with E-state index in [4.69, 9.17) is 5.14 Å². The van der Waals surface area contributed by atoms with Gasteiger partial charge in [-0.05, 0) is 77.6 Å². The maximum absolute atomic E-state index is 13.3. The van der Waals surface area contributed by atoms with Crippen molar-refractivity contribution >= 4 is 21.2 Å². The van der Waals surface area contributed by atoms with Gasteiger partial charge in [-0.1, -0.05) is 38.1 Å². The van der Waals surface area contributed by atoms with E-state index in [1.807, 2.05) is 24.3 Å². The zero-order valence-corrected chi connectivity index (χ0v) is 15.9. The monoisotopic (exact) mass is 373 g/mol. The van der Waals surface area contributed by atoms with Crippen molar-refractivity contribution in [3.63, 3.8) is 0 Å². The Labute approximate surface area is 154 Å². The first-order valence-electron chi connectivity index (χ1n) is 8.89. The van der Waals surface area contributed by atoms with Crippen molar-refractivity contribution < 1.29 is 12.8 Å². The van der Waals surface area contributed by atoms with Gasteiger partial charge in [-0.3, -0.25) is 0 Å². The molecule has 0 fully saturated rings. The van der Waals surface area contributed by atoms with Crippen molar-refractivity contribution in [1.82, 2.24) is 0 Å². The lowest BCUT2D eigenvalue weighted by molar-refractivity contribution is 0.291. The van der Waals surface area contributed by atoms with Gasteiger partial charge in [-0.2, -0.15) is 0 Å². The topological polar surface area (TPSA) is 60.2 Å². The van der Waals surface area contributed by atoms with Crippen molar-refractivity contribution in [2.24, 2.45) is 10.6 Å². The lowest BCUT2D eigenvalue weighted by atomic mass is 9.78. The van der Waals surface area contributed by atoms with E-state index in [1.165, 1.54) is 23.3 Å². The van der Waals surface area contributed by atoms with Gasteiger partial charge in [-0.25, -0.2) is 17.9 Å². The molecular formula is C21H24FNO2S. The molecule has 0 aromatic heterocycles. The van der Waals surface area contributed by atoms with Crippen molar-refractivity contribution in [2.75, 3.05) is 0 Å². The van der Waals surface area contributed by atoms with Crippen molar-refractivity contribution in [3.8, 4) is 0 Å². The van der Waals surface area contributed by atoms with Crippen LogP contribution in [0.3, 0.4) is 0 Å². The van der Waals surface area contributed by atoms with E-state index in [9.17, 15) is 12.8 Å². The standard InChI is InChI=1S/C21H24FNO2S/c1-3-21(4-2)13-19(15-5-9-17(22)10-6-15)20(14-21)16-7-11-18(12-8-16)26(23,24)25/h5-12H,3-4,13-14H2,1-2H3,(H2,23,24,25). The van der Waals surface area contributed by atoms with Gasteiger partial charge >= 0.3 is 0 Å². The molecule has 0 bridgehead atoms. The van der Waals surface area contributed by atoms with E-state index in [-0.39, 0.29) is 16.1 Å². The second-order valence-electron chi connectivity index (χ2n) is 7.09. The molecule has 0 saturated heterocycles. The van der Waals surface area contributed by atoms with Crippen molar-refractivity contribution in [1.29, 1.82) is 0 Å². The molecule has 1 aliphatic carbocycles. The van der Waals surface area contributed by atoms with Crippen LogP contribution >= 0.6 is 0 Å². The van der Waals surface area contributed by atoms with E-state index in [0.29, 0.717) is 0 Å². The minimum absolute atomic E-state index is 0.112. The van der Waals surface area contributed by atoms with Crippen LogP contribution < -0.4 is 5.14 Å². The zero-order valence-electron chi connectivity index (χ0n) is 15.1. The molecule has 2 aromatic carbocycles. The highest BCUT2D eigenvalue weighted by Crippen LogP contribution is 2.53. The number of hydrogen-bond acceptors (Lipinski definition) is 2. The minimum Gasteiger partial charge on any atom is -0.225 e. The second kappa shape index (κ2) is 6.97. The molecule has 26 heavy (non-hydrogen) atoms. The molecule has 0 unspecified atom stereocenters. The fraction of sp³-hybridized carbons (Fsp3) is 0.333. The van der Waals surface area contributed by atoms with Crippen LogP contribution in [0.25, 0.3) is 11.1 Å². The van der Waals surface area contributed by atoms with Crippen LogP contribution in [0.4, 0.5) is 4.39 Å². The van der Waals surface area contributed by atoms with E-state index >= 15 is 0 Å². The number of allylic oxidation sites excluding steroid dienone is 2. The third-order valence-corrected chi connectivity index (χ3v) is 6.62. The quantitative estimate of drug-likeness (QED) is 0.803. The van der Waals surface area contributed by atoms with Gasteiger partial charge in [0, 0.05) is 0 Å². The van der Waals surface area contributed by atoms with Crippen molar-refractivity contribution in [3.05, 3.63) is 65.5 Å². The van der Waals surface area contributed by atoms with Crippen LogP contribution in [-0.2, 0) is 10.0 Å². The van der Waals surface area contributed by atoms with E-state index in [1.54, 1.807) is 12.1 Å². The molecule has 0 spiro atoms. The highest BCUT2D eigenvalue weighted by atomic mass is 32.2. The Morgan fingerprint density at radius 3 is 1.69 bits per heavy atom. The van der Waals surface area contributed by atoms with E-state index in [2.05, 4.69) is 13.8 Å². The number of primary sulfonamides is 1. The third kappa shape index (κ3) is 3.60. The smallest absolute Gasteiger partial charge is 0.225 e. The van der Waals surface area contributed by atoms with Crippen molar-refractivity contribution in [2.45, 2.75) is 44.4 Å². The number of nitrogens with two attached hydrogens (primary N) is 1. The van der Waals surface area contributed by atoms with Crippen LogP contribution in [0.15, 0.2) is 53.4 Å². The minimum atomic E-state index is -3.70. The maximum atomic E-state index is 13.3. The number of benzene rings is 2. The Morgan fingerprint density at radius 1 is 0.885 bits per heavy atom. The predicted octanol–water partition coefficient (Wildman–Crippen LogP) is 4.98. The predicted molar refractivity (Wildman–Crippen MR) is 103 cm³/mol. The Hall–Kier alpha value is -1.98. The summed E-state index contributed by atoms with van der Waals surface area (Å²) in [5.41, 5.74) is 4.65. The van der Waals surface area contributed by atoms with Gasteiger partial charge in [0.15, 0.2) is 0 Å². The number of halogens is 1. The summed E-state index contributed by atoms with van der Waals surface area (Å²) in [7, 11) is -3.70. The molecule has 3 nitrogen and oxygen atoms in total. The lowest BCUT2D eigenvalue weighted by Gasteiger charge is -2.26. The van der Waals surface area contributed by atoms with Crippen LogP contribution in [0.2, 0.25) is 0 Å². The second-order valence-corrected chi connectivity index (χ2v) is 8.66. The Bertz CT molecular complexity index is 925.